The van der Waals surface area contributed by atoms with Gasteiger partial charge in [0, 0.05) is 12.0 Å². The molecule has 0 fully saturated rings. The Hall–Kier alpha value is -2.66. The van der Waals surface area contributed by atoms with E-state index in [1.807, 2.05) is 24.3 Å². The quantitative estimate of drug-likeness (QED) is 0.730. The van der Waals surface area contributed by atoms with Gasteiger partial charge in [0.15, 0.2) is 0 Å². The molecule has 0 aromatic heterocycles. The molecule has 1 aliphatic rings. The van der Waals surface area contributed by atoms with E-state index in [1.165, 1.54) is 5.56 Å². The Kier molecular flexibility index (Phi) is 6.47. The number of para-hydroxylation sites is 1. The number of hydrogen-bond acceptors (Lipinski definition) is 4. The molecule has 148 valence electrons. The van der Waals surface area contributed by atoms with Crippen LogP contribution in [0.4, 0.5) is 0 Å². The summed E-state index contributed by atoms with van der Waals surface area (Å²) in [4.78, 5) is 15.2. The molecule has 0 spiro atoms. The average molecular weight is 380 g/mol. The standard InChI is InChI=1S/C23H29N3O2/c1-5-25(6-2)16-23(27)26-21(18-13-11-17(3)12-14-18)15-20(24-26)19-9-7-8-10-22(19)28-4/h7-14,21H,5-6,15-16H2,1-4H3. The van der Waals surface area contributed by atoms with Crippen molar-refractivity contribution >= 4 is 11.6 Å². The van der Waals surface area contributed by atoms with Crippen LogP contribution in [0.3, 0.4) is 0 Å². The first-order valence-electron chi connectivity index (χ1n) is 9.89. The van der Waals surface area contributed by atoms with Crippen LogP contribution in [-0.2, 0) is 4.79 Å². The van der Waals surface area contributed by atoms with E-state index in [1.54, 1.807) is 12.1 Å². The highest BCUT2D eigenvalue weighted by molar-refractivity contribution is 6.05. The zero-order valence-corrected chi connectivity index (χ0v) is 17.2. The fourth-order valence-corrected chi connectivity index (χ4v) is 3.55. The number of hydrazone groups is 1. The Morgan fingerprint density at radius 3 is 2.46 bits per heavy atom. The van der Waals surface area contributed by atoms with E-state index in [4.69, 9.17) is 9.84 Å². The minimum atomic E-state index is -0.0939. The molecule has 0 N–H and O–H groups in total. The lowest BCUT2D eigenvalue weighted by atomic mass is 9.97. The van der Waals surface area contributed by atoms with Crippen LogP contribution < -0.4 is 4.74 Å². The van der Waals surface area contributed by atoms with Crippen LogP contribution >= 0.6 is 0 Å². The summed E-state index contributed by atoms with van der Waals surface area (Å²) in [7, 11) is 1.66. The first-order valence-corrected chi connectivity index (χ1v) is 9.89. The van der Waals surface area contributed by atoms with Gasteiger partial charge < -0.3 is 4.74 Å². The van der Waals surface area contributed by atoms with Crippen molar-refractivity contribution < 1.29 is 9.53 Å². The maximum absolute atomic E-state index is 13.1. The summed E-state index contributed by atoms with van der Waals surface area (Å²) in [6.45, 7) is 8.27. The van der Waals surface area contributed by atoms with Gasteiger partial charge in [0.1, 0.15) is 5.75 Å². The van der Waals surface area contributed by atoms with E-state index in [2.05, 4.69) is 49.9 Å². The predicted molar refractivity (Wildman–Crippen MR) is 113 cm³/mol. The molecule has 0 saturated heterocycles. The molecule has 1 aliphatic heterocycles. The minimum absolute atomic E-state index is 0.0270. The third kappa shape index (κ3) is 4.25. The van der Waals surface area contributed by atoms with Gasteiger partial charge in [-0.1, -0.05) is 55.8 Å². The molecular formula is C23H29N3O2. The van der Waals surface area contributed by atoms with Crippen molar-refractivity contribution in [3.8, 4) is 5.75 Å². The number of methoxy groups -OCH3 is 1. The molecular weight excluding hydrogens is 350 g/mol. The number of nitrogens with zero attached hydrogens (tertiary/aromatic N) is 3. The number of carbonyl (C=O) groups excluding carboxylic acids is 1. The highest BCUT2D eigenvalue weighted by atomic mass is 16.5. The largest absolute Gasteiger partial charge is 0.496 e. The van der Waals surface area contributed by atoms with Gasteiger partial charge in [-0.3, -0.25) is 9.69 Å². The monoisotopic (exact) mass is 379 g/mol. The summed E-state index contributed by atoms with van der Waals surface area (Å²) in [5.41, 5.74) is 4.14. The topological polar surface area (TPSA) is 45.1 Å². The Labute approximate surface area is 167 Å². The zero-order chi connectivity index (χ0) is 20.1. The maximum Gasteiger partial charge on any atom is 0.257 e. The van der Waals surface area contributed by atoms with Crippen molar-refractivity contribution in [1.29, 1.82) is 0 Å². The number of benzene rings is 2. The van der Waals surface area contributed by atoms with Crippen LogP contribution in [0.2, 0.25) is 0 Å². The number of hydrogen-bond donors (Lipinski definition) is 0. The molecule has 0 bridgehead atoms. The van der Waals surface area contributed by atoms with E-state index in [-0.39, 0.29) is 11.9 Å². The number of carbonyl (C=O) groups is 1. The molecule has 0 radical (unpaired) electrons. The molecule has 1 heterocycles. The number of ether oxygens (including phenoxy) is 1. The van der Waals surface area contributed by atoms with E-state index in [0.717, 1.165) is 35.7 Å². The lowest BCUT2D eigenvalue weighted by molar-refractivity contribution is -0.134. The molecule has 5 heteroatoms. The predicted octanol–water partition coefficient (Wildman–Crippen LogP) is 4.02. The SMILES string of the molecule is CCN(CC)CC(=O)N1N=C(c2ccccc2OC)CC1c1ccc(C)cc1. The molecule has 1 unspecified atom stereocenters. The van der Waals surface area contributed by atoms with Gasteiger partial charge in [-0.2, -0.15) is 5.10 Å². The number of likely N-dealkylation sites (N-methyl/N-ethyl adjacent to an activating group) is 1. The molecule has 0 saturated carbocycles. The summed E-state index contributed by atoms with van der Waals surface area (Å²) in [6.07, 6.45) is 0.674. The van der Waals surface area contributed by atoms with Crippen LogP contribution in [-0.4, -0.2) is 48.3 Å². The molecule has 1 atom stereocenters. The van der Waals surface area contributed by atoms with Crippen molar-refractivity contribution in [3.05, 3.63) is 65.2 Å². The Bertz CT molecular complexity index is 841. The van der Waals surface area contributed by atoms with Crippen molar-refractivity contribution in [3.63, 3.8) is 0 Å². The molecule has 2 aromatic rings. The normalized spacial score (nSPS) is 16.4. The summed E-state index contributed by atoms with van der Waals surface area (Å²) < 4.78 is 5.52. The van der Waals surface area contributed by atoms with E-state index in [9.17, 15) is 4.79 Å². The molecule has 28 heavy (non-hydrogen) atoms. The van der Waals surface area contributed by atoms with Crippen LogP contribution in [0, 0.1) is 6.92 Å². The number of rotatable bonds is 7. The summed E-state index contributed by atoms with van der Waals surface area (Å²) >= 11 is 0. The second-order valence-electron chi connectivity index (χ2n) is 7.08. The summed E-state index contributed by atoms with van der Waals surface area (Å²) in [5.74, 6) is 0.807. The van der Waals surface area contributed by atoms with Gasteiger partial charge in [0.05, 0.1) is 25.4 Å². The molecule has 5 nitrogen and oxygen atoms in total. The van der Waals surface area contributed by atoms with Crippen molar-refractivity contribution in [2.75, 3.05) is 26.7 Å². The van der Waals surface area contributed by atoms with Gasteiger partial charge in [-0.15, -0.1) is 0 Å². The smallest absolute Gasteiger partial charge is 0.257 e. The summed E-state index contributed by atoms with van der Waals surface area (Å²) in [6, 6.07) is 16.1. The van der Waals surface area contributed by atoms with E-state index in [0.29, 0.717) is 13.0 Å². The van der Waals surface area contributed by atoms with Gasteiger partial charge in [-0.05, 0) is 37.7 Å². The van der Waals surface area contributed by atoms with Crippen LogP contribution in [0.1, 0.15) is 43.0 Å². The van der Waals surface area contributed by atoms with Crippen LogP contribution in [0.25, 0.3) is 0 Å². The van der Waals surface area contributed by atoms with Crippen LogP contribution in [0.5, 0.6) is 5.75 Å². The van der Waals surface area contributed by atoms with Crippen molar-refractivity contribution in [1.82, 2.24) is 9.91 Å². The van der Waals surface area contributed by atoms with Gasteiger partial charge >= 0.3 is 0 Å². The molecule has 1 amide bonds. The third-order valence-corrected chi connectivity index (χ3v) is 5.30. The zero-order valence-electron chi connectivity index (χ0n) is 17.2. The first kappa shape index (κ1) is 20.1. The average Bonchev–Trinajstić information content (AvgIpc) is 3.17. The first-order chi connectivity index (χ1) is 13.6. The fourth-order valence-electron chi connectivity index (χ4n) is 3.55. The highest BCUT2D eigenvalue weighted by Crippen LogP contribution is 2.35. The second-order valence-corrected chi connectivity index (χ2v) is 7.08. The number of aryl methyl sites for hydroxylation is 1. The molecule has 3 rings (SSSR count). The lowest BCUT2D eigenvalue weighted by Gasteiger charge is -2.25. The highest BCUT2D eigenvalue weighted by Gasteiger charge is 2.34. The van der Waals surface area contributed by atoms with Gasteiger partial charge in [0.25, 0.3) is 5.91 Å². The van der Waals surface area contributed by atoms with Gasteiger partial charge in [0.2, 0.25) is 0 Å². The summed E-state index contributed by atoms with van der Waals surface area (Å²) in [5, 5.41) is 6.43. The fraction of sp³-hybridized carbons (Fsp3) is 0.391. The maximum atomic E-state index is 13.1. The minimum Gasteiger partial charge on any atom is -0.496 e. The van der Waals surface area contributed by atoms with Crippen LogP contribution in [0.15, 0.2) is 53.6 Å². The van der Waals surface area contributed by atoms with E-state index >= 15 is 0 Å². The Morgan fingerprint density at radius 2 is 1.82 bits per heavy atom. The lowest BCUT2D eigenvalue weighted by Crippen LogP contribution is -2.38. The molecule has 2 aromatic carbocycles. The Morgan fingerprint density at radius 1 is 1.14 bits per heavy atom. The number of amides is 1. The molecule has 0 aliphatic carbocycles. The van der Waals surface area contributed by atoms with Crippen molar-refractivity contribution in [2.45, 2.75) is 33.2 Å². The van der Waals surface area contributed by atoms with Crippen molar-refractivity contribution in [2.24, 2.45) is 5.10 Å². The third-order valence-electron chi connectivity index (χ3n) is 5.30. The second kappa shape index (κ2) is 9.02. The van der Waals surface area contributed by atoms with E-state index < -0.39 is 0 Å². The van der Waals surface area contributed by atoms with Gasteiger partial charge in [-0.25, -0.2) is 5.01 Å². The Balaban J connectivity index is 1.95.